The lowest BCUT2D eigenvalue weighted by atomic mass is 10.1. The molecule has 1 unspecified atom stereocenters. The minimum atomic E-state index is 0.151. The van der Waals surface area contributed by atoms with Crippen molar-refractivity contribution in [1.29, 1.82) is 5.26 Å². The normalized spacial score (nSPS) is 17.3. The zero-order valence-corrected chi connectivity index (χ0v) is 12.4. The summed E-state index contributed by atoms with van der Waals surface area (Å²) in [6, 6.07) is 9.98. The Morgan fingerprint density at radius 3 is 2.87 bits per heavy atom. The van der Waals surface area contributed by atoms with Crippen molar-refractivity contribution in [2.24, 2.45) is 0 Å². The van der Waals surface area contributed by atoms with Gasteiger partial charge >= 0.3 is 0 Å². The van der Waals surface area contributed by atoms with E-state index < -0.39 is 0 Å². The van der Waals surface area contributed by atoms with Crippen molar-refractivity contribution in [3.8, 4) is 23.2 Å². The summed E-state index contributed by atoms with van der Waals surface area (Å²) in [6.07, 6.45) is 4.41. The van der Waals surface area contributed by atoms with Gasteiger partial charge in [0.1, 0.15) is 17.9 Å². The van der Waals surface area contributed by atoms with E-state index in [-0.39, 0.29) is 6.10 Å². The summed E-state index contributed by atoms with van der Waals surface area (Å²) in [6.45, 7) is 1.81. The first-order valence-corrected chi connectivity index (χ1v) is 7.56. The molecule has 0 amide bonds. The van der Waals surface area contributed by atoms with Gasteiger partial charge in [-0.25, -0.2) is 9.97 Å². The molecular weight excluding hydrogens is 290 g/mol. The fourth-order valence-corrected chi connectivity index (χ4v) is 2.90. The molecule has 2 N–H and O–H groups in total. The van der Waals surface area contributed by atoms with Gasteiger partial charge in [-0.05, 0) is 19.0 Å². The highest BCUT2D eigenvalue weighted by Gasteiger charge is 2.18. The summed E-state index contributed by atoms with van der Waals surface area (Å²) in [7, 11) is 0. The molecule has 6 heteroatoms. The zero-order chi connectivity index (χ0) is 15.6. The standard InChI is InChI=1S/C17H15N5O/c18-7-14-17(12-3-1-2-4-13(12)22-14)15-9-21-16(10-20-15)23-11-5-6-19-8-11/h1-4,9-11,19,22H,5-6,8H2. The van der Waals surface area contributed by atoms with E-state index in [9.17, 15) is 5.26 Å². The van der Waals surface area contributed by atoms with Crippen LogP contribution in [0.3, 0.4) is 0 Å². The van der Waals surface area contributed by atoms with E-state index in [4.69, 9.17) is 4.74 Å². The van der Waals surface area contributed by atoms with Gasteiger partial charge in [0.15, 0.2) is 0 Å². The van der Waals surface area contributed by atoms with Gasteiger partial charge in [-0.2, -0.15) is 5.26 Å². The molecule has 1 atom stereocenters. The molecule has 23 heavy (non-hydrogen) atoms. The first-order valence-electron chi connectivity index (χ1n) is 7.56. The molecule has 6 nitrogen and oxygen atoms in total. The van der Waals surface area contributed by atoms with Crippen molar-refractivity contribution in [3.05, 3.63) is 42.4 Å². The SMILES string of the molecule is N#Cc1[nH]c2ccccc2c1-c1cnc(OC2CCNC2)cn1. The number of ether oxygens (including phenoxy) is 1. The molecular formula is C17H15N5O. The summed E-state index contributed by atoms with van der Waals surface area (Å²) in [4.78, 5) is 11.9. The third kappa shape index (κ3) is 2.51. The van der Waals surface area contributed by atoms with Crippen molar-refractivity contribution >= 4 is 10.9 Å². The number of hydrogen-bond acceptors (Lipinski definition) is 5. The van der Waals surface area contributed by atoms with Gasteiger partial charge in [0.2, 0.25) is 5.88 Å². The van der Waals surface area contributed by atoms with Crippen LogP contribution >= 0.6 is 0 Å². The van der Waals surface area contributed by atoms with Crippen LogP contribution in [0.25, 0.3) is 22.2 Å². The van der Waals surface area contributed by atoms with Gasteiger partial charge in [0.25, 0.3) is 0 Å². The molecule has 3 heterocycles. The molecule has 1 aliphatic rings. The number of fused-ring (bicyclic) bond motifs is 1. The zero-order valence-electron chi connectivity index (χ0n) is 12.4. The number of aromatic nitrogens is 3. The molecule has 114 valence electrons. The van der Waals surface area contributed by atoms with Crippen LogP contribution in [0.15, 0.2) is 36.7 Å². The van der Waals surface area contributed by atoms with Gasteiger partial charge in [0.05, 0.1) is 18.1 Å². The van der Waals surface area contributed by atoms with Crippen molar-refractivity contribution < 1.29 is 4.74 Å². The van der Waals surface area contributed by atoms with Gasteiger partial charge < -0.3 is 15.0 Å². The summed E-state index contributed by atoms with van der Waals surface area (Å²) in [5.41, 5.74) is 2.85. The minimum Gasteiger partial charge on any atom is -0.472 e. The third-order valence-corrected chi connectivity index (χ3v) is 4.00. The maximum absolute atomic E-state index is 9.36. The second kappa shape index (κ2) is 5.71. The molecule has 0 saturated carbocycles. The van der Waals surface area contributed by atoms with E-state index in [0.29, 0.717) is 17.3 Å². The Morgan fingerprint density at radius 2 is 2.13 bits per heavy atom. The fourth-order valence-electron chi connectivity index (χ4n) is 2.90. The molecule has 0 aliphatic carbocycles. The summed E-state index contributed by atoms with van der Waals surface area (Å²) < 4.78 is 5.78. The molecule has 0 bridgehead atoms. The van der Waals surface area contributed by atoms with Crippen LogP contribution in [0.2, 0.25) is 0 Å². The van der Waals surface area contributed by atoms with Crippen LogP contribution in [-0.2, 0) is 0 Å². The smallest absolute Gasteiger partial charge is 0.232 e. The predicted molar refractivity (Wildman–Crippen MR) is 85.9 cm³/mol. The molecule has 4 rings (SSSR count). The first kappa shape index (κ1) is 13.7. The monoisotopic (exact) mass is 305 g/mol. The maximum Gasteiger partial charge on any atom is 0.232 e. The Kier molecular flexibility index (Phi) is 3.41. The van der Waals surface area contributed by atoms with Crippen LogP contribution < -0.4 is 10.1 Å². The average molecular weight is 305 g/mol. The largest absolute Gasteiger partial charge is 0.472 e. The second-order valence-corrected chi connectivity index (χ2v) is 5.50. The Labute approximate surface area is 133 Å². The Morgan fingerprint density at radius 1 is 1.22 bits per heavy atom. The van der Waals surface area contributed by atoms with Crippen LogP contribution in [-0.4, -0.2) is 34.1 Å². The lowest BCUT2D eigenvalue weighted by molar-refractivity contribution is 0.213. The highest BCUT2D eigenvalue weighted by atomic mass is 16.5. The van der Waals surface area contributed by atoms with E-state index in [2.05, 4.69) is 26.3 Å². The summed E-state index contributed by atoms with van der Waals surface area (Å²) in [5.74, 6) is 0.515. The molecule has 0 spiro atoms. The van der Waals surface area contributed by atoms with Crippen LogP contribution in [0.4, 0.5) is 0 Å². The van der Waals surface area contributed by atoms with Gasteiger partial charge in [-0.3, -0.25) is 0 Å². The number of para-hydroxylation sites is 1. The van der Waals surface area contributed by atoms with E-state index >= 15 is 0 Å². The fraction of sp³-hybridized carbons (Fsp3) is 0.235. The average Bonchev–Trinajstić information content (AvgIpc) is 3.22. The molecule has 1 fully saturated rings. The second-order valence-electron chi connectivity index (χ2n) is 5.50. The van der Waals surface area contributed by atoms with E-state index in [1.807, 2.05) is 24.3 Å². The van der Waals surface area contributed by atoms with E-state index in [1.54, 1.807) is 12.4 Å². The van der Waals surface area contributed by atoms with Crippen molar-refractivity contribution in [1.82, 2.24) is 20.3 Å². The van der Waals surface area contributed by atoms with Crippen LogP contribution in [0, 0.1) is 11.3 Å². The molecule has 3 aromatic rings. The first-order chi connectivity index (χ1) is 11.3. The Hall–Kier alpha value is -2.91. The third-order valence-electron chi connectivity index (χ3n) is 4.00. The van der Waals surface area contributed by atoms with Crippen LogP contribution in [0.5, 0.6) is 5.88 Å². The van der Waals surface area contributed by atoms with E-state index in [0.717, 1.165) is 36.0 Å². The maximum atomic E-state index is 9.36. The molecule has 1 aromatic carbocycles. The molecule has 0 radical (unpaired) electrons. The number of nitrogens with one attached hydrogen (secondary N) is 2. The van der Waals surface area contributed by atoms with Crippen molar-refractivity contribution in [2.75, 3.05) is 13.1 Å². The Balaban J connectivity index is 1.69. The number of nitrogens with zero attached hydrogens (tertiary/aromatic N) is 3. The van der Waals surface area contributed by atoms with Gasteiger partial charge in [0, 0.05) is 23.0 Å². The lowest BCUT2D eigenvalue weighted by Crippen LogP contribution is -2.20. The summed E-state index contributed by atoms with van der Waals surface area (Å²) >= 11 is 0. The minimum absolute atomic E-state index is 0.151. The number of aromatic amines is 1. The Bertz CT molecular complexity index is 872. The van der Waals surface area contributed by atoms with E-state index in [1.165, 1.54) is 0 Å². The lowest BCUT2D eigenvalue weighted by Gasteiger charge is -2.11. The number of H-pyrrole nitrogens is 1. The van der Waals surface area contributed by atoms with Gasteiger partial charge in [-0.15, -0.1) is 0 Å². The highest BCUT2D eigenvalue weighted by Crippen LogP contribution is 2.30. The number of nitriles is 1. The quantitative estimate of drug-likeness (QED) is 0.775. The number of benzene rings is 1. The molecule has 2 aromatic heterocycles. The molecule has 1 aliphatic heterocycles. The van der Waals surface area contributed by atoms with Crippen molar-refractivity contribution in [2.45, 2.75) is 12.5 Å². The summed E-state index contributed by atoms with van der Waals surface area (Å²) in [5, 5.41) is 13.6. The van der Waals surface area contributed by atoms with Crippen molar-refractivity contribution in [3.63, 3.8) is 0 Å². The number of hydrogen-bond donors (Lipinski definition) is 2. The topological polar surface area (TPSA) is 86.6 Å². The highest BCUT2D eigenvalue weighted by molar-refractivity contribution is 5.97. The predicted octanol–water partition coefficient (Wildman–Crippen LogP) is 2.24. The van der Waals surface area contributed by atoms with Crippen LogP contribution in [0.1, 0.15) is 12.1 Å². The number of rotatable bonds is 3. The van der Waals surface area contributed by atoms with Gasteiger partial charge in [-0.1, -0.05) is 18.2 Å². The molecule has 1 saturated heterocycles.